The molecule has 0 N–H and O–H groups in total. The molecule has 0 bridgehead atoms. The minimum Gasteiger partial charge on any atom is -0.383 e. The van der Waals surface area contributed by atoms with E-state index in [1.165, 1.54) is 19.3 Å². The number of hydrogen-bond acceptors (Lipinski definition) is 4. The average Bonchev–Trinajstić information content (AvgIpc) is 2.58. The molecule has 0 unspecified atom stereocenters. The summed E-state index contributed by atoms with van der Waals surface area (Å²) in [5.41, 5.74) is 2.01. The highest BCUT2D eigenvalue weighted by atomic mass is 16.5. The zero-order valence-electron chi connectivity index (χ0n) is 9.52. The Morgan fingerprint density at radius 3 is 2.94 bits per heavy atom. The van der Waals surface area contributed by atoms with E-state index in [2.05, 4.69) is 16.4 Å². The molecule has 1 aliphatic rings. The van der Waals surface area contributed by atoms with Crippen molar-refractivity contribution in [1.29, 1.82) is 5.26 Å². The number of ether oxygens (including phenoxy) is 1. The zero-order valence-corrected chi connectivity index (χ0v) is 9.52. The van der Waals surface area contributed by atoms with Gasteiger partial charge in [0.05, 0.1) is 31.3 Å². The fourth-order valence-electron chi connectivity index (χ4n) is 2.03. The van der Waals surface area contributed by atoms with Crippen LogP contribution in [0.3, 0.4) is 0 Å². The van der Waals surface area contributed by atoms with Gasteiger partial charge in [0.15, 0.2) is 0 Å². The zero-order chi connectivity index (χ0) is 11.4. The van der Waals surface area contributed by atoms with Gasteiger partial charge in [0.25, 0.3) is 0 Å². The van der Waals surface area contributed by atoms with Crippen LogP contribution in [-0.2, 0) is 17.7 Å². The van der Waals surface area contributed by atoms with Crippen molar-refractivity contribution in [3.63, 3.8) is 0 Å². The summed E-state index contributed by atoms with van der Waals surface area (Å²) in [6.45, 7) is 1.36. The third-order valence-electron chi connectivity index (χ3n) is 3.09. The Hall–Kier alpha value is -1.41. The van der Waals surface area contributed by atoms with Gasteiger partial charge in [-0.1, -0.05) is 11.6 Å². The molecule has 1 fully saturated rings. The first-order chi connectivity index (χ1) is 7.86. The summed E-state index contributed by atoms with van der Waals surface area (Å²) >= 11 is 0. The van der Waals surface area contributed by atoms with Crippen molar-refractivity contribution in [2.24, 2.45) is 0 Å². The molecule has 0 saturated heterocycles. The van der Waals surface area contributed by atoms with Crippen LogP contribution >= 0.6 is 0 Å². The molecule has 2 rings (SSSR count). The van der Waals surface area contributed by atoms with E-state index in [1.807, 2.05) is 4.68 Å². The largest absolute Gasteiger partial charge is 0.383 e. The molecule has 1 saturated carbocycles. The van der Waals surface area contributed by atoms with Crippen LogP contribution < -0.4 is 0 Å². The Balaban J connectivity index is 2.19. The summed E-state index contributed by atoms with van der Waals surface area (Å²) in [5.74, 6) is 0.551. The van der Waals surface area contributed by atoms with Crippen molar-refractivity contribution in [2.75, 3.05) is 13.7 Å². The van der Waals surface area contributed by atoms with Crippen LogP contribution in [0.1, 0.15) is 36.6 Å². The predicted octanol–water partition coefficient (Wildman–Crippen LogP) is 1.26. The van der Waals surface area contributed by atoms with Gasteiger partial charge in [-0.3, -0.25) is 0 Å². The van der Waals surface area contributed by atoms with Crippen LogP contribution in [0.15, 0.2) is 0 Å². The molecule has 1 aromatic heterocycles. The van der Waals surface area contributed by atoms with Crippen LogP contribution in [-0.4, -0.2) is 28.7 Å². The molecular formula is C11H16N4O. The lowest BCUT2D eigenvalue weighted by Crippen LogP contribution is -2.18. The van der Waals surface area contributed by atoms with Crippen LogP contribution in [0, 0.1) is 11.3 Å². The fraction of sp³-hybridized carbons (Fsp3) is 0.727. The Bertz CT molecular complexity index is 389. The van der Waals surface area contributed by atoms with Gasteiger partial charge >= 0.3 is 0 Å². The van der Waals surface area contributed by atoms with Crippen LogP contribution in [0.2, 0.25) is 0 Å². The topological polar surface area (TPSA) is 63.7 Å². The second-order valence-electron chi connectivity index (χ2n) is 4.10. The maximum atomic E-state index is 8.75. The van der Waals surface area contributed by atoms with E-state index in [0.717, 1.165) is 17.9 Å². The number of methoxy groups -OCH3 is 1. The lowest BCUT2D eigenvalue weighted by atomic mass is 9.81. The summed E-state index contributed by atoms with van der Waals surface area (Å²) < 4.78 is 6.95. The van der Waals surface area contributed by atoms with E-state index >= 15 is 0 Å². The average molecular weight is 220 g/mol. The Morgan fingerprint density at radius 1 is 1.56 bits per heavy atom. The predicted molar refractivity (Wildman–Crippen MR) is 57.8 cm³/mol. The van der Waals surface area contributed by atoms with Gasteiger partial charge < -0.3 is 4.74 Å². The molecule has 16 heavy (non-hydrogen) atoms. The highest BCUT2D eigenvalue weighted by Gasteiger charge is 2.27. The molecule has 0 aliphatic heterocycles. The molecule has 0 radical (unpaired) electrons. The lowest BCUT2D eigenvalue weighted by molar-refractivity contribution is 0.180. The van der Waals surface area contributed by atoms with Crippen molar-refractivity contribution in [2.45, 2.75) is 38.1 Å². The summed E-state index contributed by atoms with van der Waals surface area (Å²) in [6, 6.07) is 2.15. The molecule has 0 aromatic carbocycles. The third-order valence-corrected chi connectivity index (χ3v) is 3.09. The molecule has 0 amide bonds. The van der Waals surface area contributed by atoms with Gasteiger partial charge in [-0.25, -0.2) is 4.68 Å². The monoisotopic (exact) mass is 220 g/mol. The van der Waals surface area contributed by atoms with E-state index < -0.39 is 0 Å². The first-order valence-corrected chi connectivity index (χ1v) is 5.65. The Kier molecular flexibility index (Phi) is 3.52. The minimum absolute atomic E-state index is 0.360. The van der Waals surface area contributed by atoms with E-state index in [0.29, 0.717) is 18.9 Å². The standard InChI is InChI=1S/C11H16N4O/c1-16-8-7-15-11(9-3-2-4-9)10(5-6-12)13-14-15/h9H,2-5,7-8H2,1H3. The molecule has 0 atom stereocenters. The summed E-state index contributed by atoms with van der Waals surface area (Å²) in [7, 11) is 1.68. The van der Waals surface area contributed by atoms with E-state index in [1.54, 1.807) is 7.11 Å². The first kappa shape index (κ1) is 11.1. The van der Waals surface area contributed by atoms with Gasteiger partial charge in [-0.05, 0) is 12.8 Å². The second-order valence-corrected chi connectivity index (χ2v) is 4.10. The molecule has 5 heteroatoms. The number of hydrogen-bond donors (Lipinski definition) is 0. The Morgan fingerprint density at radius 2 is 2.38 bits per heavy atom. The van der Waals surface area contributed by atoms with E-state index in [-0.39, 0.29) is 0 Å². The third kappa shape index (κ3) is 2.07. The van der Waals surface area contributed by atoms with Gasteiger partial charge in [-0.15, -0.1) is 5.10 Å². The van der Waals surface area contributed by atoms with Crippen LogP contribution in [0.5, 0.6) is 0 Å². The summed E-state index contributed by atoms with van der Waals surface area (Å²) in [5, 5.41) is 17.0. The molecule has 0 spiro atoms. The number of nitriles is 1. The SMILES string of the molecule is COCCn1nnc(CC#N)c1C1CCC1. The maximum Gasteiger partial charge on any atom is 0.100 e. The fourth-order valence-corrected chi connectivity index (χ4v) is 2.03. The maximum absolute atomic E-state index is 8.75. The highest BCUT2D eigenvalue weighted by molar-refractivity contribution is 5.20. The Labute approximate surface area is 95.0 Å². The van der Waals surface area contributed by atoms with Crippen molar-refractivity contribution in [3.05, 3.63) is 11.4 Å². The summed E-state index contributed by atoms with van der Waals surface area (Å²) in [4.78, 5) is 0. The van der Waals surface area contributed by atoms with E-state index in [4.69, 9.17) is 10.00 Å². The quantitative estimate of drug-likeness (QED) is 0.749. The second kappa shape index (κ2) is 5.08. The number of aromatic nitrogens is 3. The number of rotatable bonds is 5. The highest BCUT2D eigenvalue weighted by Crippen LogP contribution is 2.37. The smallest absolute Gasteiger partial charge is 0.100 e. The van der Waals surface area contributed by atoms with Crippen LogP contribution in [0.25, 0.3) is 0 Å². The van der Waals surface area contributed by atoms with Gasteiger partial charge in [0.2, 0.25) is 0 Å². The van der Waals surface area contributed by atoms with Crippen molar-refractivity contribution >= 4 is 0 Å². The molecular weight excluding hydrogens is 204 g/mol. The number of nitrogens with zero attached hydrogens (tertiary/aromatic N) is 4. The van der Waals surface area contributed by atoms with Crippen LogP contribution in [0.4, 0.5) is 0 Å². The summed E-state index contributed by atoms with van der Waals surface area (Å²) in [6.07, 6.45) is 4.02. The van der Waals surface area contributed by atoms with Gasteiger partial charge in [0, 0.05) is 13.0 Å². The molecule has 1 aromatic rings. The molecule has 86 valence electrons. The van der Waals surface area contributed by atoms with Gasteiger partial charge in [-0.2, -0.15) is 5.26 Å². The molecule has 1 heterocycles. The minimum atomic E-state index is 0.360. The normalized spacial score (nSPS) is 15.8. The van der Waals surface area contributed by atoms with Crippen molar-refractivity contribution in [1.82, 2.24) is 15.0 Å². The molecule has 1 aliphatic carbocycles. The first-order valence-electron chi connectivity index (χ1n) is 5.65. The molecule has 5 nitrogen and oxygen atoms in total. The van der Waals surface area contributed by atoms with Crippen molar-refractivity contribution < 1.29 is 4.74 Å². The van der Waals surface area contributed by atoms with E-state index in [9.17, 15) is 0 Å². The van der Waals surface area contributed by atoms with Gasteiger partial charge in [0.1, 0.15) is 5.69 Å². The van der Waals surface area contributed by atoms with Crippen molar-refractivity contribution in [3.8, 4) is 6.07 Å². The lowest BCUT2D eigenvalue weighted by Gasteiger charge is -2.26.